The van der Waals surface area contributed by atoms with Gasteiger partial charge in [-0.1, -0.05) is 35.8 Å². The van der Waals surface area contributed by atoms with Crippen LogP contribution >= 0.6 is 27.7 Å². The number of benzene rings is 1. The molecule has 0 saturated carbocycles. The smallest absolute Gasteiger partial charge is 0.0423 e. The van der Waals surface area contributed by atoms with Crippen molar-refractivity contribution in [3.63, 3.8) is 0 Å². The normalized spacial score (nSPS) is 25.1. The second kappa shape index (κ2) is 5.63. The van der Waals surface area contributed by atoms with Crippen LogP contribution in [-0.4, -0.2) is 23.6 Å². The van der Waals surface area contributed by atoms with Gasteiger partial charge in [0, 0.05) is 40.3 Å². The van der Waals surface area contributed by atoms with E-state index in [1.165, 1.54) is 11.3 Å². The first kappa shape index (κ1) is 13.2. The summed E-state index contributed by atoms with van der Waals surface area (Å²) in [4.78, 5) is 2.47. The zero-order valence-electron chi connectivity index (χ0n) is 10.3. The Morgan fingerprint density at radius 3 is 2.59 bits per heavy atom. The van der Waals surface area contributed by atoms with Crippen LogP contribution < -0.4 is 10.6 Å². The van der Waals surface area contributed by atoms with Crippen molar-refractivity contribution >= 4 is 33.4 Å². The number of hydrogen-bond donors (Lipinski definition) is 1. The molecule has 2 nitrogen and oxygen atoms in total. The molecule has 1 aromatic rings. The Morgan fingerprint density at radius 2 is 2.00 bits per heavy atom. The summed E-state index contributed by atoms with van der Waals surface area (Å²) in [5.41, 5.74) is 8.36. The molecule has 0 amide bonds. The van der Waals surface area contributed by atoms with Crippen LogP contribution in [0.25, 0.3) is 0 Å². The fourth-order valence-electron chi connectivity index (χ4n) is 2.38. The molecule has 2 N–H and O–H groups in total. The van der Waals surface area contributed by atoms with Crippen LogP contribution in [0.5, 0.6) is 0 Å². The third-order valence-corrected chi connectivity index (χ3v) is 4.75. The first-order valence-electron chi connectivity index (χ1n) is 5.99. The Labute approximate surface area is 116 Å². The summed E-state index contributed by atoms with van der Waals surface area (Å²) in [6.45, 7) is 7.42. The molecule has 94 valence electrons. The van der Waals surface area contributed by atoms with E-state index in [1.807, 2.05) is 0 Å². The van der Waals surface area contributed by atoms with E-state index in [1.54, 1.807) is 0 Å². The van der Waals surface area contributed by atoms with Crippen LogP contribution in [0.1, 0.15) is 19.4 Å². The van der Waals surface area contributed by atoms with Gasteiger partial charge in [-0.3, -0.25) is 0 Å². The second-order valence-corrected chi connectivity index (χ2v) is 7.44. The molecule has 1 saturated heterocycles. The van der Waals surface area contributed by atoms with Gasteiger partial charge in [-0.2, -0.15) is 11.8 Å². The third kappa shape index (κ3) is 3.18. The number of nitrogens with two attached hydrogens (primary N) is 1. The summed E-state index contributed by atoms with van der Waals surface area (Å²) >= 11 is 5.62. The van der Waals surface area contributed by atoms with E-state index in [2.05, 4.69) is 64.6 Å². The molecule has 1 fully saturated rings. The van der Waals surface area contributed by atoms with E-state index in [0.717, 1.165) is 17.6 Å². The first-order chi connectivity index (χ1) is 8.10. The summed E-state index contributed by atoms with van der Waals surface area (Å²) < 4.78 is 1.13. The molecule has 2 atom stereocenters. The van der Waals surface area contributed by atoms with Crippen LogP contribution in [0.15, 0.2) is 22.7 Å². The molecule has 1 aromatic carbocycles. The lowest BCUT2D eigenvalue weighted by atomic mass is 10.1. The molecule has 2 rings (SSSR count). The number of hydrogen-bond acceptors (Lipinski definition) is 3. The van der Waals surface area contributed by atoms with E-state index >= 15 is 0 Å². The standard InChI is InChI=1S/C13H19BrN2S/c1-9-7-16(8-10(2)17-9)13-5-12(14)4-3-11(13)6-15/h3-5,9-10H,6-8,15H2,1-2H3. The number of thioether (sulfide) groups is 1. The highest BCUT2D eigenvalue weighted by molar-refractivity contribution is 9.10. The molecule has 17 heavy (non-hydrogen) atoms. The quantitative estimate of drug-likeness (QED) is 0.908. The lowest BCUT2D eigenvalue weighted by Crippen LogP contribution is -2.41. The van der Waals surface area contributed by atoms with E-state index in [0.29, 0.717) is 17.0 Å². The molecule has 1 aliphatic heterocycles. The van der Waals surface area contributed by atoms with E-state index in [4.69, 9.17) is 5.73 Å². The maximum Gasteiger partial charge on any atom is 0.0423 e. The minimum Gasteiger partial charge on any atom is -0.369 e. The molecule has 0 spiro atoms. The van der Waals surface area contributed by atoms with E-state index in [-0.39, 0.29) is 0 Å². The third-order valence-electron chi connectivity index (χ3n) is 3.03. The summed E-state index contributed by atoms with van der Waals surface area (Å²) in [6.07, 6.45) is 0. The van der Waals surface area contributed by atoms with Crippen LogP contribution in [0, 0.1) is 0 Å². The van der Waals surface area contributed by atoms with Crippen molar-refractivity contribution in [1.82, 2.24) is 0 Å². The largest absolute Gasteiger partial charge is 0.369 e. The number of anilines is 1. The first-order valence-corrected chi connectivity index (χ1v) is 7.72. The Kier molecular flexibility index (Phi) is 4.39. The molecular formula is C13H19BrN2S. The average Bonchev–Trinajstić information content (AvgIpc) is 2.27. The van der Waals surface area contributed by atoms with E-state index < -0.39 is 0 Å². The zero-order valence-corrected chi connectivity index (χ0v) is 12.7. The van der Waals surface area contributed by atoms with Crippen molar-refractivity contribution in [3.05, 3.63) is 28.2 Å². The van der Waals surface area contributed by atoms with Crippen molar-refractivity contribution in [2.45, 2.75) is 30.9 Å². The SMILES string of the molecule is CC1CN(c2cc(Br)ccc2CN)CC(C)S1. The molecule has 2 unspecified atom stereocenters. The topological polar surface area (TPSA) is 29.3 Å². The molecular weight excluding hydrogens is 296 g/mol. The fraction of sp³-hybridized carbons (Fsp3) is 0.538. The highest BCUT2D eigenvalue weighted by Gasteiger charge is 2.23. The fourth-order valence-corrected chi connectivity index (χ4v) is 4.05. The number of nitrogens with zero attached hydrogens (tertiary/aromatic N) is 1. The molecule has 4 heteroatoms. The van der Waals surface area contributed by atoms with Crippen LogP contribution in [0.2, 0.25) is 0 Å². The Balaban J connectivity index is 2.28. The van der Waals surface area contributed by atoms with Gasteiger partial charge in [0.15, 0.2) is 0 Å². The van der Waals surface area contributed by atoms with Crippen molar-refractivity contribution in [3.8, 4) is 0 Å². The molecule has 0 bridgehead atoms. The maximum absolute atomic E-state index is 5.83. The number of rotatable bonds is 2. The Bertz CT molecular complexity index is 387. The highest BCUT2D eigenvalue weighted by atomic mass is 79.9. The van der Waals surface area contributed by atoms with Crippen LogP contribution in [0.3, 0.4) is 0 Å². The van der Waals surface area contributed by atoms with Crippen LogP contribution in [-0.2, 0) is 6.54 Å². The monoisotopic (exact) mass is 314 g/mol. The van der Waals surface area contributed by atoms with Crippen molar-refractivity contribution in [1.29, 1.82) is 0 Å². The molecule has 0 radical (unpaired) electrons. The van der Waals surface area contributed by atoms with Crippen molar-refractivity contribution in [2.24, 2.45) is 5.73 Å². The van der Waals surface area contributed by atoms with Gasteiger partial charge in [0.1, 0.15) is 0 Å². The van der Waals surface area contributed by atoms with Gasteiger partial charge in [0.2, 0.25) is 0 Å². The van der Waals surface area contributed by atoms with Crippen molar-refractivity contribution < 1.29 is 0 Å². The maximum atomic E-state index is 5.83. The van der Waals surface area contributed by atoms with Gasteiger partial charge in [-0.25, -0.2) is 0 Å². The van der Waals surface area contributed by atoms with Gasteiger partial charge in [0.05, 0.1) is 0 Å². The minimum absolute atomic E-state index is 0.606. The average molecular weight is 315 g/mol. The summed E-state index contributed by atoms with van der Waals surface area (Å²) in [5, 5.41) is 1.37. The Hall–Kier alpha value is -0.190. The summed E-state index contributed by atoms with van der Waals surface area (Å²) in [7, 11) is 0. The van der Waals surface area contributed by atoms with Crippen molar-refractivity contribution in [2.75, 3.05) is 18.0 Å². The molecule has 0 aliphatic carbocycles. The van der Waals surface area contributed by atoms with Crippen LogP contribution in [0.4, 0.5) is 5.69 Å². The molecule has 1 aliphatic rings. The predicted octanol–water partition coefficient (Wildman–Crippen LogP) is 3.24. The zero-order chi connectivity index (χ0) is 12.4. The number of halogens is 1. The minimum atomic E-state index is 0.606. The summed E-state index contributed by atoms with van der Waals surface area (Å²) in [5.74, 6) is 0. The lowest BCUT2D eigenvalue weighted by molar-refractivity contribution is 0.724. The molecule has 0 aromatic heterocycles. The predicted molar refractivity (Wildman–Crippen MR) is 80.8 cm³/mol. The summed E-state index contributed by atoms with van der Waals surface area (Å²) in [6, 6.07) is 6.38. The van der Waals surface area contributed by atoms with Gasteiger partial charge in [-0.05, 0) is 17.7 Å². The second-order valence-electron chi connectivity index (χ2n) is 4.64. The van der Waals surface area contributed by atoms with Gasteiger partial charge in [0.25, 0.3) is 0 Å². The van der Waals surface area contributed by atoms with Gasteiger partial charge >= 0.3 is 0 Å². The van der Waals surface area contributed by atoms with Gasteiger partial charge in [-0.15, -0.1) is 0 Å². The lowest BCUT2D eigenvalue weighted by Gasteiger charge is -2.37. The van der Waals surface area contributed by atoms with Gasteiger partial charge < -0.3 is 10.6 Å². The molecule has 1 heterocycles. The highest BCUT2D eigenvalue weighted by Crippen LogP contribution is 2.32. The van der Waals surface area contributed by atoms with E-state index in [9.17, 15) is 0 Å². The Morgan fingerprint density at radius 1 is 1.35 bits per heavy atom.